The summed E-state index contributed by atoms with van der Waals surface area (Å²) < 4.78 is 0. The Hall–Kier alpha value is -0.490. The van der Waals surface area contributed by atoms with E-state index in [9.17, 15) is 0 Å². The lowest BCUT2D eigenvalue weighted by Crippen LogP contribution is -2.19. The van der Waals surface area contributed by atoms with Crippen LogP contribution in [-0.2, 0) is 0 Å². The van der Waals surface area contributed by atoms with Crippen molar-refractivity contribution in [1.29, 1.82) is 0 Å². The zero-order valence-electron chi connectivity index (χ0n) is 6.14. The van der Waals surface area contributed by atoms with Crippen molar-refractivity contribution in [3.05, 3.63) is 23.8 Å². The normalized spacial score (nSPS) is 12.5. The fourth-order valence-corrected chi connectivity index (χ4v) is 1.04. The molecule has 3 nitrogen and oxygen atoms in total. The van der Waals surface area contributed by atoms with Crippen molar-refractivity contribution in [3.8, 4) is 0 Å². The van der Waals surface area contributed by atoms with Crippen molar-refractivity contribution >= 4 is 35.4 Å². The number of anilines is 2. The van der Waals surface area contributed by atoms with E-state index in [-0.39, 0.29) is 25.4 Å². The number of fused-ring (bicyclic) bond motifs is 1. The molecule has 0 aliphatic carbocycles. The van der Waals surface area contributed by atoms with Gasteiger partial charge in [0, 0.05) is 1.43 Å². The first kappa shape index (κ1) is 8.61. The minimum absolute atomic E-state index is 0. The summed E-state index contributed by atoms with van der Waals surface area (Å²) in [5, 5.41) is 0. The zero-order chi connectivity index (χ0) is 6.97. The fourth-order valence-electron chi connectivity index (χ4n) is 1.04. The van der Waals surface area contributed by atoms with Gasteiger partial charge in [0.1, 0.15) is 0 Å². The molecule has 0 bridgehead atoms. The maximum Gasteiger partial charge on any atom is 0.0753 e. The van der Waals surface area contributed by atoms with Gasteiger partial charge in [-0.3, -0.25) is 0 Å². The molecule has 2 rings (SSSR count). The van der Waals surface area contributed by atoms with Crippen LogP contribution in [0.2, 0.25) is 0 Å². The number of hydrogen-bond donors (Lipinski definition) is 3. The van der Waals surface area contributed by atoms with E-state index in [1.54, 1.807) is 0 Å². The van der Waals surface area contributed by atoms with E-state index in [0.29, 0.717) is 0 Å². The van der Waals surface area contributed by atoms with Crippen molar-refractivity contribution < 1.29 is 1.43 Å². The van der Waals surface area contributed by atoms with Crippen LogP contribution in [0.25, 0.3) is 0 Å². The molecule has 0 atom stereocenters. The molecule has 1 aliphatic heterocycles. The van der Waals surface area contributed by atoms with E-state index in [2.05, 4.69) is 35.4 Å². The third kappa shape index (κ3) is 1.57. The quantitative estimate of drug-likeness (QED) is 0.629. The minimum atomic E-state index is 0. The Bertz CT molecular complexity index is 267. The molecule has 0 radical (unpaired) electrons. The Labute approximate surface area is 84.0 Å². The van der Waals surface area contributed by atoms with E-state index < -0.39 is 0 Å². The predicted molar refractivity (Wildman–Crippen MR) is 59.1 cm³/mol. The van der Waals surface area contributed by atoms with E-state index in [0.717, 1.165) is 11.4 Å². The van der Waals surface area contributed by atoms with Crippen LogP contribution in [0.1, 0.15) is 6.99 Å². The number of benzene rings is 1. The summed E-state index contributed by atoms with van der Waals surface area (Å²) in [5.41, 5.74) is 12.2. The fraction of sp³-hybridized carbons (Fsp3) is 0.143. The van der Waals surface area contributed by atoms with Crippen LogP contribution in [0.15, 0.2) is 18.2 Å². The molecule has 0 spiro atoms. The summed E-state index contributed by atoms with van der Waals surface area (Å²) in [6, 6.07) is 6.19. The lowest BCUT2D eigenvalue weighted by atomic mass is 10.2. The number of nitrogens with one attached hydrogen (secondary N) is 3. The smallest absolute Gasteiger partial charge is 0.0753 e. The van der Waals surface area contributed by atoms with Gasteiger partial charge >= 0.3 is 0 Å². The monoisotopic (exact) mass is 265 g/mol. The molecule has 3 N–H and O–H groups in total. The Morgan fingerprint density at radius 1 is 1.18 bits per heavy atom. The van der Waals surface area contributed by atoms with Crippen molar-refractivity contribution in [2.24, 2.45) is 0 Å². The van der Waals surface area contributed by atoms with E-state index in [1.807, 2.05) is 6.07 Å². The number of halogens is 1. The standard InChI is InChI=1S/C7H9N3.HI.H2/c1-5-2-3-6-7(4-5)9-10-8-6;;/h2-4,8-10H,1H3;2*1H. The van der Waals surface area contributed by atoms with Crippen molar-refractivity contribution in [2.45, 2.75) is 6.92 Å². The number of aryl methyl sites for hydroxylation is 1. The van der Waals surface area contributed by atoms with Crippen LogP contribution in [-0.4, -0.2) is 0 Å². The Morgan fingerprint density at radius 2 is 1.91 bits per heavy atom. The first-order valence-corrected chi connectivity index (χ1v) is 3.24. The van der Waals surface area contributed by atoms with Gasteiger partial charge < -0.3 is 10.9 Å². The first-order valence-electron chi connectivity index (χ1n) is 3.24. The molecule has 1 aliphatic rings. The third-order valence-electron chi connectivity index (χ3n) is 1.57. The molecule has 0 saturated carbocycles. The average Bonchev–Trinajstić information content (AvgIpc) is 2.33. The van der Waals surface area contributed by atoms with Crippen LogP contribution in [0, 0.1) is 6.92 Å². The lowest BCUT2D eigenvalue weighted by Gasteiger charge is -1.96. The topological polar surface area (TPSA) is 36.1 Å². The van der Waals surface area contributed by atoms with Crippen LogP contribution < -0.4 is 16.4 Å². The molecule has 0 aromatic heterocycles. The highest BCUT2D eigenvalue weighted by atomic mass is 127. The van der Waals surface area contributed by atoms with Crippen molar-refractivity contribution in [3.63, 3.8) is 0 Å². The maximum absolute atomic E-state index is 2.98. The molecule has 0 unspecified atom stereocenters. The molecule has 0 fully saturated rings. The van der Waals surface area contributed by atoms with Crippen LogP contribution in [0.3, 0.4) is 0 Å². The van der Waals surface area contributed by atoms with Crippen molar-refractivity contribution in [2.75, 3.05) is 10.9 Å². The highest BCUT2D eigenvalue weighted by molar-refractivity contribution is 14.0. The molecule has 1 aromatic rings. The summed E-state index contributed by atoms with van der Waals surface area (Å²) in [5.74, 6) is 0. The molecule has 0 amide bonds. The maximum atomic E-state index is 2.98. The molecular formula is C7H12IN3. The van der Waals surface area contributed by atoms with Gasteiger partial charge in [-0.25, -0.2) is 0 Å². The SMILES string of the molecule is Cc1ccc2c(c1)NNN2.I.[HH]. The molecule has 4 heteroatoms. The van der Waals surface area contributed by atoms with E-state index in [1.165, 1.54) is 5.56 Å². The second-order valence-corrected chi connectivity index (χ2v) is 2.42. The van der Waals surface area contributed by atoms with Crippen LogP contribution >= 0.6 is 24.0 Å². The predicted octanol–water partition coefficient (Wildman–Crippen LogP) is 2.12. The van der Waals surface area contributed by atoms with Gasteiger partial charge in [-0.15, -0.1) is 29.5 Å². The summed E-state index contributed by atoms with van der Waals surface area (Å²) in [7, 11) is 0. The van der Waals surface area contributed by atoms with Gasteiger partial charge in [-0.2, -0.15) is 0 Å². The number of rotatable bonds is 0. The highest BCUT2D eigenvalue weighted by Crippen LogP contribution is 2.24. The second kappa shape index (κ2) is 3.27. The van der Waals surface area contributed by atoms with Gasteiger partial charge in [0.25, 0.3) is 0 Å². The Morgan fingerprint density at radius 3 is 2.73 bits per heavy atom. The average molecular weight is 265 g/mol. The van der Waals surface area contributed by atoms with Gasteiger partial charge in [0.2, 0.25) is 0 Å². The number of hydrogen-bond acceptors (Lipinski definition) is 3. The zero-order valence-corrected chi connectivity index (χ0v) is 8.47. The van der Waals surface area contributed by atoms with E-state index >= 15 is 0 Å². The van der Waals surface area contributed by atoms with Crippen molar-refractivity contribution in [1.82, 2.24) is 5.53 Å². The summed E-state index contributed by atoms with van der Waals surface area (Å²) >= 11 is 0. The number of hydrazine groups is 2. The van der Waals surface area contributed by atoms with Crippen LogP contribution in [0.4, 0.5) is 11.4 Å². The summed E-state index contributed by atoms with van der Waals surface area (Å²) in [6.07, 6.45) is 0. The lowest BCUT2D eigenvalue weighted by molar-refractivity contribution is 1.01. The van der Waals surface area contributed by atoms with Gasteiger partial charge in [-0.1, -0.05) is 6.07 Å². The van der Waals surface area contributed by atoms with Crippen LogP contribution in [0.5, 0.6) is 0 Å². The Kier molecular flexibility index (Phi) is 2.56. The summed E-state index contributed by atoms with van der Waals surface area (Å²) in [4.78, 5) is 0. The molecule has 11 heavy (non-hydrogen) atoms. The minimum Gasteiger partial charge on any atom is -0.302 e. The molecule has 62 valence electrons. The molecule has 0 saturated heterocycles. The van der Waals surface area contributed by atoms with Gasteiger partial charge in [-0.05, 0) is 24.6 Å². The largest absolute Gasteiger partial charge is 0.302 e. The third-order valence-corrected chi connectivity index (χ3v) is 1.57. The Balaban J connectivity index is 0.000000605. The summed E-state index contributed by atoms with van der Waals surface area (Å²) in [6.45, 7) is 2.07. The highest BCUT2D eigenvalue weighted by Gasteiger charge is 2.06. The first-order chi connectivity index (χ1) is 4.86. The van der Waals surface area contributed by atoms with Gasteiger partial charge in [0.15, 0.2) is 0 Å². The second-order valence-electron chi connectivity index (χ2n) is 2.42. The molecule has 1 aromatic carbocycles. The molecular weight excluding hydrogens is 253 g/mol. The molecule has 1 heterocycles. The van der Waals surface area contributed by atoms with E-state index in [4.69, 9.17) is 0 Å². The van der Waals surface area contributed by atoms with Gasteiger partial charge in [0.05, 0.1) is 11.4 Å².